The Morgan fingerprint density at radius 3 is 2.75 bits per heavy atom. The maximum absolute atomic E-state index is 11.4. The van der Waals surface area contributed by atoms with Gasteiger partial charge in [0.25, 0.3) is 0 Å². The fourth-order valence-corrected chi connectivity index (χ4v) is 1.15. The van der Waals surface area contributed by atoms with Gasteiger partial charge in [-0.25, -0.2) is 9.59 Å². The van der Waals surface area contributed by atoms with Gasteiger partial charge in [-0.2, -0.15) is 5.10 Å². The number of aromatic nitrogens is 2. The topological polar surface area (TPSA) is 96.3 Å². The molecule has 1 atom stereocenters. The second-order valence-electron chi connectivity index (χ2n) is 3.30. The predicted molar refractivity (Wildman–Crippen MR) is 57.1 cm³/mol. The van der Waals surface area contributed by atoms with E-state index in [1.807, 2.05) is 0 Å². The first-order valence-corrected chi connectivity index (χ1v) is 4.82. The summed E-state index contributed by atoms with van der Waals surface area (Å²) in [6, 6.07) is -1.43. The van der Waals surface area contributed by atoms with Gasteiger partial charge >= 0.3 is 12.0 Å². The standard InChI is InChI=1S/C9H14N4O3/c1-3-7(8(14)15)12-9(16)11-6-4-10-13(2)5-6/h4-5,7H,3H2,1-2H3,(H,14,15)(H2,11,12,16). The van der Waals surface area contributed by atoms with Crippen LogP contribution in [0.1, 0.15) is 13.3 Å². The number of nitrogens with zero attached hydrogens (tertiary/aromatic N) is 2. The van der Waals surface area contributed by atoms with E-state index in [0.717, 1.165) is 0 Å². The number of urea groups is 1. The number of aliphatic carboxylic acids is 1. The van der Waals surface area contributed by atoms with Gasteiger partial charge in [0.15, 0.2) is 0 Å². The smallest absolute Gasteiger partial charge is 0.326 e. The third kappa shape index (κ3) is 3.26. The maximum atomic E-state index is 11.4. The summed E-state index contributed by atoms with van der Waals surface area (Å²) in [6.45, 7) is 1.68. The molecule has 1 aromatic rings. The first-order chi connectivity index (χ1) is 7.52. The number of carbonyl (C=O) groups excluding carboxylic acids is 1. The normalized spacial score (nSPS) is 11.9. The number of carboxylic acids is 1. The number of amides is 2. The summed E-state index contributed by atoms with van der Waals surface area (Å²) in [6.07, 6.45) is 3.42. The lowest BCUT2D eigenvalue weighted by Crippen LogP contribution is -2.42. The lowest BCUT2D eigenvalue weighted by molar-refractivity contribution is -0.139. The zero-order valence-electron chi connectivity index (χ0n) is 9.10. The Hall–Kier alpha value is -2.05. The first kappa shape index (κ1) is 12.0. The molecule has 0 fully saturated rings. The molecule has 0 saturated heterocycles. The minimum Gasteiger partial charge on any atom is -0.480 e. The Balaban J connectivity index is 2.50. The van der Waals surface area contributed by atoms with Gasteiger partial charge in [0.2, 0.25) is 0 Å². The molecule has 0 saturated carbocycles. The van der Waals surface area contributed by atoms with Gasteiger partial charge in [-0.3, -0.25) is 4.68 Å². The molecule has 88 valence electrons. The molecule has 16 heavy (non-hydrogen) atoms. The summed E-state index contributed by atoms with van der Waals surface area (Å²) in [5, 5.41) is 17.4. The fourth-order valence-electron chi connectivity index (χ4n) is 1.15. The molecule has 0 aliphatic rings. The average Bonchev–Trinajstić information content (AvgIpc) is 2.60. The molecule has 1 unspecified atom stereocenters. The number of nitrogens with one attached hydrogen (secondary N) is 2. The first-order valence-electron chi connectivity index (χ1n) is 4.82. The lowest BCUT2D eigenvalue weighted by Gasteiger charge is -2.12. The molecule has 0 aromatic carbocycles. The van der Waals surface area contributed by atoms with Crippen LogP contribution in [0.25, 0.3) is 0 Å². The number of hydrogen-bond donors (Lipinski definition) is 3. The van der Waals surface area contributed by atoms with Crippen LogP contribution in [0.5, 0.6) is 0 Å². The van der Waals surface area contributed by atoms with Gasteiger partial charge in [-0.05, 0) is 6.42 Å². The zero-order valence-corrected chi connectivity index (χ0v) is 9.10. The van der Waals surface area contributed by atoms with E-state index in [1.165, 1.54) is 10.9 Å². The van der Waals surface area contributed by atoms with Crippen molar-refractivity contribution in [1.29, 1.82) is 0 Å². The van der Waals surface area contributed by atoms with Crippen molar-refractivity contribution in [2.45, 2.75) is 19.4 Å². The molecule has 0 aliphatic carbocycles. The zero-order chi connectivity index (χ0) is 12.1. The third-order valence-electron chi connectivity index (χ3n) is 1.97. The third-order valence-corrected chi connectivity index (χ3v) is 1.97. The van der Waals surface area contributed by atoms with Crippen molar-refractivity contribution in [2.75, 3.05) is 5.32 Å². The molecule has 0 bridgehead atoms. The minimum atomic E-state index is -1.05. The number of carbonyl (C=O) groups is 2. The Kier molecular flexibility index (Phi) is 3.87. The van der Waals surface area contributed by atoms with Crippen molar-refractivity contribution >= 4 is 17.7 Å². The second-order valence-corrected chi connectivity index (χ2v) is 3.30. The molecule has 0 aliphatic heterocycles. The average molecular weight is 226 g/mol. The van der Waals surface area contributed by atoms with Gasteiger partial charge in [-0.1, -0.05) is 6.92 Å². The van der Waals surface area contributed by atoms with Crippen LogP contribution in [0, 0.1) is 0 Å². The minimum absolute atomic E-state index is 0.329. The fraction of sp³-hybridized carbons (Fsp3) is 0.444. The van der Waals surface area contributed by atoms with Crippen LogP contribution >= 0.6 is 0 Å². The molecular weight excluding hydrogens is 212 g/mol. The molecule has 1 heterocycles. The van der Waals surface area contributed by atoms with Crippen molar-refractivity contribution in [3.8, 4) is 0 Å². The van der Waals surface area contributed by atoms with Crippen molar-refractivity contribution in [3.05, 3.63) is 12.4 Å². The highest BCUT2D eigenvalue weighted by Crippen LogP contribution is 2.03. The van der Waals surface area contributed by atoms with Crippen LogP contribution in [0.2, 0.25) is 0 Å². The van der Waals surface area contributed by atoms with Crippen LogP contribution in [0.3, 0.4) is 0 Å². The van der Waals surface area contributed by atoms with Gasteiger partial charge in [0.05, 0.1) is 11.9 Å². The van der Waals surface area contributed by atoms with E-state index in [9.17, 15) is 9.59 Å². The summed E-state index contributed by atoms with van der Waals surface area (Å²) >= 11 is 0. The Labute approximate surface area is 92.4 Å². The van der Waals surface area contributed by atoms with Gasteiger partial charge in [0.1, 0.15) is 6.04 Å². The SMILES string of the molecule is CCC(NC(=O)Nc1cnn(C)c1)C(=O)O. The number of anilines is 1. The molecular formula is C9H14N4O3. The molecule has 0 radical (unpaired) electrons. The van der Waals surface area contributed by atoms with E-state index < -0.39 is 18.0 Å². The molecule has 0 spiro atoms. The van der Waals surface area contributed by atoms with Crippen molar-refractivity contribution in [3.63, 3.8) is 0 Å². The van der Waals surface area contributed by atoms with Crippen molar-refractivity contribution < 1.29 is 14.7 Å². The molecule has 7 heteroatoms. The summed E-state index contributed by atoms with van der Waals surface area (Å²) in [7, 11) is 1.72. The molecule has 2 amide bonds. The highest BCUT2D eigenvalue weighted by Gasteiger charge is 2.17. The Morgan fingerprint density at radius 2 is 2.31 bits per heavy atom. The molecule has 1 rings (SSSR count). The largest absolute Gasteiger partial charge is 0.480 e. The van der Waals surface area contributed by atoms with Crippen LogP contribution in [-0.2, 0) is 11.8 Å². The molecule has 7 nitrogen and oxygen atoms in total. The summed E-state index contributed by atoms with van der Waals surface area (Å²) in [5.74, 6) is -1.05. The predicted octanol–water partition coefficient (Wildman–Crippen LogP) is 0.405. The number of hydrogen-bond acceptors (Lipinski definition) is 3. The molecule has 3 N–H and O–H groups in total. The second kappa shape index (κ2) is 5.15. The summed E-state index contributed by atoms with van der Waals surface area (Å²) in [5.41, 5.74) is 0.514. The van der Waals surface area contributed by atoms with Gasteiger partial charge < -0.3 is 15.7 Å². The summed E-state index contributed by atoms with van der Waals surface area (Å²) < 4.78 is 1.53. The summed E-state index contributed by atoms with van der Waals surface area (Å²) in [4.78, 5) is 22.0. The van der Waals surface area contributed by atoms with Crippen LogP contribution < -0.4 is 10.6 Å². The number of rotatable bonds is 4. The van der Waals surface area contributed by atoms with Gasteiger partial charge in [0, 0.05) is 13.2 Å². The Morgan fingerprint density at radius 1 is 1.62 bits per heavy atom. The van der Waals surface area contributed by atoms with E-state index in [2.05, 4.69) is 15.7 Å². The Bertz CT molecular complexity index is 388. The van der Waals surface area contributed by atoms with Crippen molar-refractivity contribution in [1.82, 2.24) is 15.1 Å². The maximum Gasteiger partial charge on any atom is 0.326 e. The van der Waals surface area contributed by atoms with Gasteiger partial charge in [-0.15, -0.1) is 0 Å². The van der Waals surface area contributed by atoms with E-state index in [4.69, 9.17) is 5.11 Å². The van der Waals surface area contributed by atoms with Crippen LogP contribution in [0.15, 0.2) is 12.4 Å². The lowest BCUT2D eigenvalue weighted by atomic mass is 10.2. The van der Waals surface area contributed by atoms with E-state index in [-0.39, 0.29) is 0 Å². The van der Waals surface area contributed by atoms with E-state index in [1.54, 1.807) is 20.2 Å². The highest BCUT2D eigenvalue weighted by atomic mass is 16.4. The van der Waals surface area contributed by atoms with E-state index in [0.29, 0.717) is 12.1 Å². The highest BCUT2D eigenvalue weighted by molar-refractivity contribution is 5.91. The van der Waals surface area contributed by atoms with E-state index >= 15 is 0 Å². The van der Waals surface area contributed by atoms with Crippen molar-refractivity contribution in [2.24, 2.45) is 7.05 Å². The number of aryl methyl sites for hydroxylation is 1. The monoisotopic (exact) mass is 226 g/mol. The van der Waals surface area contributed by atoms with Crippen LogP contribution in [-0.4, -0.2) is 32.9 Å². The quantitative estimate of drug-likeness (QED) is 0.692. The number of carboxylic acid groups (broad SMARTS) is 1. The van der Waals surface area contributed by atoms with Crippen LogP contribution in [0.4, 0.5) is 10.5 Å². The molecule has 1 aromatic heterocycles.